The number of amides is 1. The average molecular weight is 447 g/mol. The molecule has 0 bridgehead atoms. The van der Waals surface area contributed by atoms with Crippen LogP contribution in [0.3, 0.4) is 0 Å². The van der Waals surface area contributed by atoms with E-state index in [1.165, 1.54) is 10.8 Å². The summed E-state index contributed by atoms with van der Waals surface area (Å²) in [4.78, 5) is 25.2. The quantitative estimate of drug-likeness (QED) is 0.445. The number of benzene rings is 2. The van der Waals surface area contributed by atoms with Crippen LogP contribution >= 0.6 is 0 Å². The summed E-state index contributed by atoms with van der Waals surface area (Å²) in [5.41, 5.74) is 3.70. The highest BCUT2D eigenvalue weighted by molar-refractivity contribution is 5.75. The highest BCUT2D eigenvalue weighted by Crippen LogP contribution is 2.27. The molecule has 0 aliphatic heterocycles. The first-order valence-electron chi connectivity index (χ1n) is 10.5. The Morgan fingerprint density at radius 2 is 1.79 bits per heavy atom. The molecule has 0 unspecified atom stereocenters. The fraction of sp³-hybridized carbons (Fsp3) is 0.250. The van der Waals surface area contributed by atoms with Crippen molar-refractivity contribution in [2.24, 2.45) is 0 Å². The summed E-state index contributed by atoms with van der Waals surface area (Å²) in [5.74, 6) is 0.987. The molecule has 2 aromatic carbocycles. The predicted molar refractivity (Wildman–Crippen MR) is 124 cm³/mol. The number of carbonyl (C=O) groups excluding carboxylic acids is 1. The van der Waals surface area contributed by atoms with Crippen molar-refractivity contribution in [2.75, 3.05) is 20.8 Å². The summed E-state index contributed by atoms with van der Waals surface area (Å²) in [6.07, 6.45) is 2.04. The van der Waals surface area contributed by atoms with Crippen LogP contribution < -0.4 is 20.3 Å². The van der Waals surface area contributed by atoms with Gasteiger partial charge in [-0.25, -0.2) is 9.20 Å². The molecule has 1 amide bonds. The number of carbonyl (C=O) groups is 1. The minimum Gasteiger partial charge on any atom is -0.493 e. The third-order valence-electron chi connectivity index (χ3n) is 5.31. The molecule has 0 aliphatic rings. The van der Waals surface area contributed by atoms with Crippen molar-refractivity contribution in [2.45, 2.75) is 19.9 Å². The first kappa shape index (κ1) is 22.1. The Labute approximate surface area is 190 Å². The van der Waals surface area contributed by atoms with Gasteiger partial charge in [-0.15, -0.1) is 0 Å². The van der Waals surface area contributed by atoms with Crippen molar-refractivity contribution in [3.8, 4) is 22.8 Å². The maximum absolute atomic E-state index is 12.8. The number of nitrogens with zero attached hydrogens (tertiary/aromatic N) is 4. The Balaban J connectivity index is 1.41. The Kier molecular flexibility index (Phi) is 6.39. The zero-order chi connectivity index (χ0) is 23.4. The third-order valence-corrected chi connectivity index (χ3v) is 5.31. The Bertz CT molecular complexity index is 1340. The summed E-state index contributed by atoms with van der Waals surface area (Å²) in [6, 6.07) is 15.2. The molecule has 4 aromatic rings. The number of hydrogen-bond donors (Lipinski definition) is 1. The van der Waals surface area contributed by atoms with E-state index >= 15 is 0 Å². The Hall–Kier alpha value is -4.14. The van der Waals surface area contributed by atoms with Crippen molar-refractivity contribution in [1.82, 2.24) is 24.7 Å². The van der Waals surface area contributed by atoms with Crippen molar-refractivity contribution >= 4 is 11.4 Å². The fourth-order valence-corrected chi connectivity index (χ4v) is 3.49. The van der Waals surface area contributed by atoms with E-state index in [-0.39, 0.29) is 18.0 Å². The van der Waals surface area contributed by atoms with Gasteiger partial charge in [0.2, 0.25) is 5.91 Å². The predicted octanol–water partition coefficient (Wildman–Crippen LogP) is 2.24. The maximum Gasteiger partial charge on any atom is 0.293 e. The normalized spacial score (nSPS) is 10.9. The molecule has 2 heterocycles. The van der Waals surface area contributed by atoms with E-state index in [0.717, 1.165) is 21.4 Å². The summed E-state index contributed by atoms with van der Waals surface area (Å²) in [7, 11) is 3.16. The lowest BCUT2D eigenvalue weighted by Crippen LogP contribution is -2.35. The highest BCUT2D eigenvalue weighted by atomic mass is 16.5. The van der Waals surface area contributed by atoms with Crippen LogP contribution in [0.4, 0.5) is 0 Å². The largest absolute Gasteiger partial charge is 0.493 e. The van der Waals surface area contributed by atoms with Gasteiger partial charge in [0.15, 0.2) is 11.5 Å². The van der Waals surface area contributed by atoms with E-state index in [2.05, 4.69) is 15.5 Å². The Morgan fingerprint density at radius 3 is 2.52 bits per heavy atom. The van der Waals surface area contributed by atoms with Crippen LogP contribution in [0.25, 0.3) is 16.8 Å². The van der Waals surface area contributed by atoms with Crippen LogP contribution in [0.5, 0.6) is 11.5 Å². The van der Waals surface area contributed by atoms with E-state index in [0.29, 0.717) is 35.7 Å². The minimum absolute atomic E-state index is 0.174. The summed E-state index contributed by atoms with van der Waals surface area (Å²) in [6.45, 7) is 2.25. The van der Waals surface area contributed by atoms with Crippen LogP contribution in [0.1, 0.15) is 11.1 Å². The molecule has 2 aromatic heterocycles. The molecule has 33 heavy (non-hydrogen) atoms. The molecular formula is C24H25N5O4. The highest BCUT2D eigenvalue weighted by Gasteiger charge is 2.12. The zero-order valence-corrected chi connectivity index (χ0v) is 18.7. The van der Waals surface area contributed by atoms with Gasteiger partial charge in [0.1, 0.15) is 18.4 Å². The number of fused-ring (bicyclic) bond motifs is 1. The SMILES string of the molecule is COc1ccc(CCNC(=O)Cn2ncn3nc(-c4ccc(C)cc4)cc3c2=O)cc1OC. The molecular weight excluding hydrogens is 422 g/mol. The molecule has 0 saturated heterocycles. The van der Waals surface area contributed by atoms with Gasteiger partial charge in [-0.3, -0.25) is 9.59 Å². The van der Waals surface area contributed by atoms with Gasteiger partial charge in [0.05, 0.1) is 19.9 Å². The van der Waals surface area contributed by atoms with Crippen molar-refractivity contribution in [3.63, 3.8) is 0 Å². The van der Waals surface area contributed by atoms with Gasteiger partial charge >= 0.3 is 0 Å². The van der Waals surface area contributed by atoms with Crippen LogP contribution in [0.2, 0.25) is 0 Å². The number of methoxy groups -OCH3 is 2. The topological polar surface area (TPSA) is 99.8 Å². The number of hydrogen-bond acceptors (Lipinski definition) is 6. The molecule has 9 nitrogen and oxygen atoms in total. The number of nitrogens with one attached hydrogen (secondary N) is 1. The van der Waals surface area contributed by atoms with Crippen LogP contribution in [-0.2, 0) is 17.8 Å². The molecule has 0 radical (unpaired) electrons. The van der Waals surface area contributed by atoms with E-state index in [1.807, 2.05) is 49.4 Å². The second-order valence-corrected chi connectivity index (χ2v) is 7.61. The van der Waals surface area contributed by atoms with E-state index in [4.69, 9.17) is 9.47 Å². The Morgan fingerprint density at radius 1 is 1.03 bits per heavy atom. The zero-order valence-electron chi connectivity index (χ0n) is 18.7. The molecule has 0 atom stereocenters. The minimum atomic E-state index is -0.376. The number of ether oxygens (including phenoxy) is 2. The van der Waals surface area contributed by atoms with Gasteiger partial charge in [0, 0.05) is 12.1 Å². The molecule has 9 heteroatoms. The standard InChI is InChI=1S/C24H25N5O4/c1-16-4-7-18(8-5-16)19-13-20-24(31)28(26-15-29(20)27-19)14-23(30)25-11-10-17-6-9-21(32-2)22(12-17)33-3/h4-9,12-13,15H,10-11,14H2,1-3H3,(H,25,30). The van der Waals surface area contributed by atoms with Crippen molar-refractivity contribution < 1.29 is 14.3 Å². The molecule has 170 valence electrons. The summed E-state index contributed by atoms with van der Waals surface area (Å²) in [5, 5.41) is 11.3. The second-order valence-electron chi connectivity index (χ2n) is 7.61. The van der Waals surface area contributed by atoms with E-state index < -0.39 is 0 Å². The molecule has 1 N–H and O–H groups in total. The van der Waals surface area contributed by atoms with Gasteiger partial charge in [0.25, 0.3) is 5.56 Å². The van der Waals surface area contributed by atoms with E-state index in [9.17, 15) is 9.59 Å². The molecule has 0 saturated carbocycles. The van der Waals surface area contributed by atoms with Gasteiger partial charge in [-0.2, -0.15) is 10.2 Å². The van der Waals surface area contributed by atoms with E-state index in [1.54, 1.807) is 20.3 Å². The van der Waals surface area contributed by atoms with Crippen LogP contribution in [0.15, 0.2) is 59.7 Å². The summed E-state index contributed by atoms with van der Waals surface area (Å²) >= 11 is 0. The van der Waals surface area contributed by atoms with Crippen molar-refractivity contribution in [1.29, 1.82) is 0 Å². The fourth-order valence-electron chi connectivity index (χ4n) is 3.49. The first-order valence-corrected chi connectivity index (χ1v) is 10.5. The third kappa shape index (κ3) is 4.87. The van der Waals surface area contributed by atoms with Gasteiger partial charge < -0.3 is 14.8 Å². The number of rotatable bonds is 8. The van der Waals surface area contributed by atoms with Crippen molar-refractivity contribution in [3.05, 3.63) is 76.3 Å². The smallest absolute Gasteiger partial charge is 0.293 e. The molecule has 0 aliphatic carbocycles. The second kappa shape index (κ2) is 9.56. The molecule has 0 spiro atoms. The van der Waals surface area contributed by atoms with Crippen LogP contribution in [0, 0.1) is 6.92 Å². The first-order chi connectivity index (χ1) is 16.0. The number of aryl methyl sites for hydroxylation is 1. The molecule has 4 rings (SSSR count). The van der Waals surface area contributed by atoms with Crippen LogP contribution in [-0.4, -0.2) is 46.1 Å². The monoisotopic (exact) mass is 447 g/mol. The lowest BCUT2D eigenvalue weighted by Gasteiger charge is -2.10. The summed E-state index contributed by atoms with van der Waals surface area (Å²) < 4.78 is 13.1. The van der Waals surface area contributed by atoms with Gasteiger partial charge in [-0.05, 0) is 37.1 Å². The number of aromatic nitrogens is 4. The lowest BCUT2D eigenvalue weighted by molar-refractivity contribution is -0.121. The van der Waals surface area contributed by atoms with Gasteiger partial charge in [-0.1, -0.05) is 35.9 Å². The lowest BCUT2D eigenvalue weighted by atomic mass is 10.1. The molecule has 0 fully saturated rings. The maximum atomic E-state index is 12.8. The average Bonchev–Trinajstić information content (AvgIpc) is 3.26.